The minimum absolute atomic E-state index is 0.136. The highest BCUT2D eigenvalue weighted by Gasteiger charge is 2.20. The molecule has 0 saturated heterocycles. The Kier molecular flexibility index (Phi) is 6.84. The van der Waals surface area contributed by atoms with Gasteiger partial charge in [0, 0.05) is 12.3 Å². The molecule has 0 radical (unpaired) electrons. The molecule has 21 heavy (non-hydrogen) atoms. The van der Waals surface area contributed by atoms with Crippen LogP contribution in [0.3, 0.4) is 0 Å². The number of carbonyl (C=O) groups is 1. The van der Waals surface area contributed by atoms with E-state index < -0.39 is 5.60 Å². The second-order valence-electron chi connectivity index (χ2n) is 5.07. The molecule has 1 aromatic carbocycles. The van der Waals surface area contributed by atoms with Gasteiger partial charge in [0.25, 0.3) is 0 Å². The average molecular weight is 313 g/mol. The third-order valence-corrected chi connectivity index (χ3v) is 3.84. The fourth-order valence-electron chi connectivity index (χ4n) is 1.89. The molecule has 0 bridgehead atoms. The normalized spacial score (nSPS) is 13.4. The second kappa shape index (κ2) is 8.14. The molecular weight excluding hydrogens is 290 g/mol. The molecule has 0 aliphatic heterocycles. The zero-order chi connectivity index (χ0) is 15.9. The number of thioether (sulfide) groups is 1. The van der Waals surface area contributed by atoms with Crippen LogP contribution in [0.15, 0.2) is 18.2 Å². The number of carbonyl (C=O) groups excluding carboxylic acids is 1. The predicted octanol–water partition coefficient (Wildman–Crippen LogP) is 1.48. The van der Waals surface area contributed by atoms with E-state index in [2.05, 4.69) is 5.32 Å². The highest BCUT2D eigenvalue weighted by atomic mass is 32.2. The van der Waals surface area contributed by atoms with Crippen LogP contribution in [0.2, 0.25) is 0 Å². The monoisotopic (exact) mass is 313 g/mol. The maximum absolute atomic E-state index is 11.9. The second-order valence-corrected chi connectivity index (χ2v) is 5.94. The first kappa shape index (κ1) is 17.7. The highest BCUT2D eigenvalue weighted by Crippen LogP contribution is 2.27. The molecule has 1 amide bonds. The Balaban J connectivity index is 2.59. The Hall–Kier alpha value is -1.40. The summed E-state index contributed by atoms with van der Waals surface area (Å²) in [5.41, 5.74) is -0.0678. The lowest BCUT2D eigenvalue weighted by atomic mass is 10.1. The first-order chi connectivity index (χ1) is 9.91. The summed E-state index contributed by atoms with van der Waals surface area (Å²) < 4.78 is 10.4. The Labute approximate surface area is 130 Å². The number of rotatable bonds is 8. The van der Waals surface area contributed by atoms with Crippen molar-refractivity contribution in [2.24, 2.45) is 0 Å². The fourth-order valence-corrected chi connectivity index (χ4v) is 2.61. The van der Waals surface area contributed by atoms with Gasteiger partial charge in [-0.2, -0.15) is 11.8 Å². The van der Waals surface area contributed by atoms with Gasteiger partial charge < -0.3 is 19.9 Å². The van der Waals surface area contributed by atoms with Crippen LogP contribution < -0.4 is 14.8 Å². The predicted molar refractivity (Wildman–Crippen MR) is 85.3 cm³/mol. The molecule has 0 aliphatic rings. The third kappa shape index (κ3) is 5.85. The van der Waals surface area contributed by atoms with Crippen LogP contribution >= 0.6 is 11.8 Å². The fraction of sp³-hybridized carbons (Fsp3) is 0.533. The van der Waals surface area contributed by atoms with Gasteiger partial charge in [-0.25, -0.2) is 0 Å². The van der Waals surface area contributed by atoms with E-state index in [-0.39, 0.29) is 18.9 Å². The molecular formula is C15H23NO4S. The van der Waals surface area contributed by atoms with Gasteiger partial charge >= 0.3 is 0 Å². The number of ether oxygens (including phenoxy) is 2. The summed E-state index contributed by atoms with van der Waals surface area (Å²) in [5, 5.41) is 12.8. The molecule has 1 aromatic rings. The van der Waals surface area contributed by atoms with Gasteiger partial charge in [0.1, 0.15) is 0 Å². The van der Waals surface area contributed by atoms with Crippen molar-refractivity contribution in [1.29, 1.82) is 0 Å². The largest absolute Gasteiger partial charge is 0.493 e. The van der Waals surface area contributed by atoms with E-state index in [9.17, 15) is 9.90 Å². The first-order valence-electron chi connectivity index (χ1n) is 6.61. The maximum Gasteiger partial charge on any atom is 0.224 e. The molecule has 118 valence electrons. The van der Waals surface area contributed by atoms with Crippen molar-refractivity contribution in [2.75, 3.05) is 32.8 Å². The Morgan fingerprint density at radius 1 is 1.33 bits per heavy atom. The van der Waals surface area contributed by atoms with E-state index in [1.807, 2.05) is 12.3 Å². The Morgan fingerprint density at radius 3 is 2.57 bits per heavy atom. The average Bonchev–Trinajstić information content (AvgIpc) is 2.45. The number of methoxy groups -OCH3 is 2. The zero-order valence-corrected chi connectivity index (χ0v) is 13.8. The Morgan fingerprint density at radius 2 is 2.00 bits per heavy atom. The van der Waals surface area contributed by atoms with Gasteiger partial charge in [-0.15, -0.1) is 0 Å². The number of hydrogen-bond donors (Lipinski definition) is 2. The van der Waals surface area contributed by atoms with Gasteiger partial charge in [0.15, 0.2) is 11.5 Å². The van der Waals surface area contributed by atoms with Crippen LogP contribution in [-0.2, 0) is 11.2 Å². The number of benzene rings is 1. The summed E-state index contributed by atoms with van der Waals surface area (Å²) in [7, 11) is 3.12. The van der Waals surface area contributed by atoms with Gasteiger partial charge in [-0.3, -0.25) is 4.79 Å². The molecule has 0 spiro atoms. The van der Waals surface area contributed by atoms with Crippen molar-refractivity contribution >= 4 is 17.7 Å². The maximum atomic E-state index is 11.9. The standard InChI is InChI=1S/C15H23NO4S/c1-15(18,10-21-4)9-16-14(17)8-11-5-6-12(19-2)13(7-11)20-3/h5-7,18H,8-10H2,1-4H3,(H,16,17). The molecule has 1 unspecified atom stereocenters. The number of aliphatic hydroxyl groups is 1. The number of hydrogen-bond acceptors (Lipinski definition) is 5. The summed E-state index contributed by atoms with van der Waals surface area (Å²) in [5.74, 6) is 1.66. The highest BCUT2D eigenvalue weighted by molar-refractivity contribution is 7.98. The molecule has 0 aliphatic carbocycles. The summed E-state index contributed by atoms with van der Waals surface area (Å²) in [6.45, 7) is 1.94. The van der Waals surface area contributed by atoms with Crippen molar-refractivity contribution in [3.05, 3.63) is 23.8 Å². The molecule has 1 rings (SSSR count). The van der Waals surface area contributed by atoms with Gasteiger partial charge in [0.05, 0.1) is 26.2 Å². The lowest BCUT2D eigenvalue weighted by Gasteiger charge is -2.22. The van der Waals surface area contributed by atoms with Crippen molar-refractivity contribution in [3.8, 4) is 11.5 Å². The summed E-state index contributed by atoms with van der Waals surface area (Å²) >= 11 is 1.54. The van der Waals surface area contributed by atoms with Gasteiger partial charge in [-0.05, 0) is 30.9 Å². The molecule has 2 N–H and O–H groups in total. The van der Waals surface area contributed by atoms with Crippen molar-refractivity contribution in [2.45, 2.75) is 18.9 Å². The summed E-state index contributed by atoms with van der Waals surface area (Å²) in [6, 6.07) is 5.37. The molecule has 0 saturated carbocycles. The van der Waals surface area contributed by atoms with Crippen LogP contribution in [0, 0.1) is 0 Å². The molecule has 6 heteroatoms. The van der Waals surface area contributed by atoms with Crippen molar-refractivity contribution in [1.82, 2.24) is 5.32 Å². The van der Waals surface area contributed by atoms with Gasteiger partial charge in [-0.1, -0.05) is 6.07 Å². The Bertz CT molecular complexity index is 477. The van der Waals surface area contributed by atoms with E-state index in [0.717, 1.165) is 5.56 Å². The lowest BCUT2D eigenvalue weighted by Crippen LogP contribution is -2.42. The molecule has 1 atom stereocenters. The van der Waals surface area contributed by atoms with E-state index in [4.69, 9.17) is 9.47 Å². The van der Waals surface area contributed by atoms with Crippen molar-refractivity contribution < 1.29 is 19.4 Å². The molecule has 0 heterocycles. The molecule has 0 aromatic heterocycles. The van der Waals surface area contributed by atoms with E-state index in [0.29, 0.717) is 17.3 Å². The number of nitrogens with one attached hydrogen (secondary N) is 1. The summed E-state index contributed by atoms with van der Waals surface area (Å²) in [6.07, 6.45) is 2.15. The van der Waals surface area contributed by atoms with E-state index in [1.54, 1.807) is 45.0 Å². The van der Waals surface area contributed by atoms with Gasteiger partial charge in [0.2, 0.25) is 5.91 Å². The minimum Gasteiger partial charge on any atom is -0.493 e. The topological polar surface area (TPSA) is 67.8 Å². The van der Waals surface area contributed by atoms with Crippen LogP contribution in [0.25, 0.3) is 0 Å². The van der Waals surface area contributed by atoms with Crippen LogP contribution in [-0.4, -0.2) is 49.4 Å². The smallest absolute Gasteiger partial charge is 0.224 e. The van der Waals surface area contributed by atoms with E-state index >= 15 is 0 Å². The lowest BCUT2D eigenvalue weighted by molar-refractivity contribution is -0.121. The van der Waals surface area contributed by atoms with Crippen LogP contribution in [0.4, 0.5) is 0 Å². The molecule has 5 nitrogen and oxygen atoms in total. The molecule has 0 fully saturated rings. The minimum atomic E-state index is -0.896. The van der Waals surface area contributed by atoms with E-state index in [1.165, 1.54) is 0 Å². The number of amides is 1. The first-order valence-corrected chi connectivity index (χ1v) is 8.00. The summed E-state index contributed by atoms with van der Waals surface area (Å²) in [4.78, 5) is 11.9. The third-order valence-electron chi connectivity index (χ3n) is 2.93. The SMILES string of the molecule is COc1ccc(CC(=O)NCC(C)(O)CSC)cc1OC. The zero-order valence-electron chi connectivity index (χ0n) is 12.9. The quantitative estimate of drug-likeness (QED) is 0.761. The van der Waals surface area contributed by atoms with Crippen LogP contribution in [0.1, 0.15) is 12.5 Å². The van der Waals surface area contributed by atoms with Crippen LogP contribution in [0.5, 0.6) is 11.5 Å². The van der Waals surface area contributed by atoms with Crippen molar-refractivity contribution in [3.63, 3.8) is 0 Å².